The quantitative estimate of drug-likeness (QED) is 0.461. The van der Waals surface area contributed by atoms with E-state index in [0.29, 0.717) is 0 Å². The lowest BCUT2D eigenvalue weighted by Crippen LogP contribution is -3.15. The van der Waals surface area contributed by atoms with Crippen molar-refractivity contribution >= 4 is 6.29 Å². The first kappa shape index (κ1) is 6.75. The molecular weight excluding hydrogens is 114 g/mol. The molecule has 0 aromatic carbocycles. The van der Waals surface area contributed by atoms with Gasteiger partial charge in [0, 0.05) is 12.8 Å². The Kier molecular flexibility index (Phi) is 1.58. The van der Waals surface area contributed by atoms with Crippen molar-refractivity contribution in [1.29, 1.82) is 0 Å². The fourth-order valence-electron chi connectivity index (χ4n) is 1.38. The van der Waals surface area contributed by atoms with Crippen LogP contribution in [0.2, 0.25) is 0 Å². The van der Waals surface area contributed by atoms with E-state index in [1.807, 2.05) is 6.92 Å². The van der Waals surface area contributed by atoms with Gasteiger partial charge in [-0.05, 0) is 6.92 Å². The van der Waals surface area contributed by atoms with E-state index in [9.17, 15) is 4.79 Å². The Morgan fingerprint density at radius 1 is 1.67 bits per heavy atom. The maximum atomic E-state index is 10.5. The Labute approximate surface area is 55.8 Å². The summed E-state index contributed by atoms with van der Waals surface area (Å²) in [4.78, 5) is 11.9. The molecule has 2 nitrogen and oxygen atoms in total. The SMILES string of the molecule is C[NH+]1CCC[C@@]1(C)C=O. The number of carbonyl (C=O) groups is 1. The molecule has 2 heteroatoms. The van der Waals surface area contributed by atoms with Crippen molar-refractivity contribution in [1.82, 2.24) is 0 Å². The Morgan fingerprint density at radius 3 is 2.56 bits per heavy atom. The molecule has 1 fully saturated rings. The van der Waals surface area contributed by atoms with Crippen molar-refractivity contribution in [2.45, 2.75) is 25.3 Å². The van der Waals surface area contributed by atoms with Gasteiger partial charge in [0.15, 0.2) is 11.8 Å². The maximum absolute atomic E-state index is 10.5. The first-order valence-electron chi connectivity index (χ1n) is 3.48. The van der Waals surface area contributed by atoms with E-state index in [1.165, 1.54) is 11.3 Å². The summed E-state index contributed by atoms with van der Waals surface area (Å²) in [5, 5.41) is 0. The summed E-state index contributed by atoms with van der Waals surface area (Å²) in [7, 11) is 2.08. The lowest BCUT2D eigenvalue weighted by atomic mass is 10.0. The number of likely N-dealkylation sites (N-methyl/N-ethyl adjacent to an activating group) is 1. The molecule has 1 unspecified atom stereocenters. The second kappa shape index (κ2) is 2.10. The molecule has 1 aliphatic heterocycles. The van der Waals surface area contributed by atoms with Crippen molar-refractivity contribution < 1.29 is 9.69 Å². The van der Waals surface area contributed by atoms with Crippen LogP contribution in [0.4, 0.5) is 0 Å². The zero-order valence-corrected chi connectivity index (χ0v) is 6.11. The van der Waals surface area contributed by atoms with E-state index in [1.54, 1.807) is 0 Å². The maximum Gasteiger partial charge on any atom is 0.179 e. The third-order valence-electron chi connectivity index (χ3n) is 2.48. The van der Waals surface area contributed by atoms with E-state index < -0.39 is 0 Å². The average molecular weight is 128 g/mol. The normalized spacial score (nSPS) is 43.1. The topological polar surface area (TPSA) is 21.5 Å². The number of nitrogens with one attached hydrogen (secondary N) is 1. The van der Waals surface area contributed by atoms with Crippen LogP contribution in [0, 0.1) is 0 Å². The highest BCUT2D eigenvalue weighted by Crippen LogP contribution is 2.08. The summed E-state index contributed by atoms with van der Waals surface area (Å²) in [6, 6.07) is 0. The molecule has 2 atom stereocenters. The van der Waals surface area contributed by atoms with Gasteiger partial charge in [0.1, 0.15) is 0 Å². The fraction of sp³-hybridized carbons (Fsp3) is 0.857. The van der Waals surface area contributed by atoms with Crippen LogP contribution in [0.5, 0.6) is 0 Å². The smallest absolute Gasteiger partial charge is 0.179 e. The monoisotopic (exact) mass is 128 g/mol. The lowest BCUT2D eigenvalue weighted by Gasteiger charge is -2.21. The predicted octanol–water partition coefficient (Wildman–Crippen LogP) is -0.748. The summed E-state index contributed by atoms with van der Waals surface area (Å²) >= 11 is 0. The van der Waals surface area contributed by atoms with Gasteiger partial charge in [-0.2, -0.15) is 0 Å². The molecular formula is C7H14NO+. The molecule has 0 bridgehead atoms. The molecule has 0 spiro atoms. The number of likely N-dealkylation sites (tertiary alicyclic amines) is 1. The third-order valence-corrected chi connectivity index (χ3v) is 2.48. The molecule has 1 heterocycles. The van der Waals surface area contributed by atoms with Crippen LogP contribution in [-0.2, 0) is 4.79 Å². The second-order valence-corrected chi connectivity index (χ2v) is 3.17. The van der Waals surface area contributed by atoms with Gasteiger partial charge in [-0.15, -0.1) is 0 Å². The Hall–Kier alpha value is -0.370. The van der Waals surface area contributed by atoms with Gasteiger partial charge in [0.05, 0.1) is 13.6 Å². The van der Waals surface area contributed by atoms with E-state index in [-0.39, 0.29) is 5.54 Å². The lowest BCUT2D eigenvalue weighted by molar-refractivity contribution is -0.905. The third kappa shape index (κ3) is 0.990. The van der Waals surface area contributed by atoms with Gasteiger partial charge >= 0.3 is 0 Å². The van der Waals surface area contributed by atoms with Gasteiger partial charge in [-0.3, -0.25) is 4.79 Å². The number of aldehydes is 1. The van der Waals surface area contributed by atoms with Crippen molar-refractivity contribution in [2.75, 3.05) is 13.6 Å². The minimum Gasteiger partial charge on any atom is -0.327 e. The van der Waals surface area contributed by atoms with Crippen molar-refractivity contribution in [2.24, 2.45) is 0 Å². The zero-order chi connectivity index (χ0) is 6.91. The molecule has 0 saturated carbocycles. The first-order valence-corrected chi connectivity index (χ1v) is 3.48. The number of hydrogen-bond donors (Lipinski definition) is 1. The van der Waals surface area contributed by atoms with Gasteiger partial charge in [0.25, 0.3) is 0 Å². The van der Waals surface area contributed by atoms with Crippen LogP contribution in [0.3, 0.4) is 0 Å². The highest BCUT2D eigenvalue weighted by molar-refractivity contribution is 5.61. The van der Waals surface area contributed by atoms with E-state index in [2.05, 4.69) is 7.05 Å². The molecule has 1 saturated heterocycles. The van der Waals surface area contributed by atoms with Crippen molar-refractivity contribution in [3.05, 3.63) is 0 Å². The zero-order valence-electron chi connectivity index (χ0n) is 6.11. The molecule has 0 aromatic rings. The van der Waals surface area contributed by atoms with Crippen LogP contribution < -0.4 is 4.90 Å². The second-order valence-electron chi connectivity index (χ2n) is 3.17. The number of rotatable bonds is 1. The minimum atomic E-state index is -0.0694. The molecule has 0 aliphatic carbocycles. The number of carbonyl (C=O) groups excluding carboxylic acids is 1. The van der Waals surface area contributed by atoms with Crippen LogP contribution in [-0.4, -0.2) is 25.4 Å². The molecule has 0 radical (unpaired) electrons. The molecule has 0 aromatic heterocycles. The van der Waals surface area contributed by atoms with Crippen LogP contribution in [0.1, 0.15) is 19.8 Å². The Morgan fingerprint density at radius 2 is 2.33 bits per heavy atom. The summed E-state index contributed by atoms with van der Waals surface area (Å²) in [5.41, 5.74) is -0.0694. The summed E-state index contributed by atoms with van der Waals surface area (Å²) in [5.74, 6) is 0. The average Bonchev–Trinajstić information content (AvgIpc) is 2.15. The largest absolute Gasteiger partial charge is 0.327 e. The molecule has 52 valence electrons. The Balaban J connectivity index is 2.66. The predicted molar refractivity (Wildman–Crippen MR) is 35.5 cm³/mol. The minimum absolute atomic E-state index is 0.0694. The molecule has 9 heavy (non-hydrogen) atoms. The van der Waals surface area contributed by atoms with Crippen LogP contribution >= 0.6 is 0 Å². The van der Waals surface area contributed by atoms with Crippen molar-refractivity contribution in [3.63, 3.8) is 0 Å². The number of hydrogen-bond acceptors (Lipinski definition) is 1. The molecule has 0 amide bonds. The standard InChI is InChI=1S/C7H13NO/c1-7(6-9)4-3-5-8(7)2/h6H,3-5H2,1-2H3/p+1/t7-/m0/s1. The molecule has 1 N–H and O–H groups in total. The summed E-state index contributed by atoms with van der Waals surface area (Å²) in [6.45, 7) is 3.18. The van der Waals surface area contributed by atoms with E-state index >= 15 is 0 Å². The highest BCUT2D eigenvalue weighted by atomic mass is 16.1. The molecule has 1 rings (SSSR count). The van der Waals surface area contributed by atoms with Crippen LogP contribution in [0.25, 0.3) is 0 Å². The highest BCUT2D eigenvalue weighted by Gasteiger charge is 2.37. The Bertz CT molecular complexity index is 124. The first-order chi connectivity index (χ1) is 4.19. The van der Waals surface area contributed by atoms with E-state index in [4.69, 9.17) is 0 Å². The van der Waals surface area contributed by atoms with E-state index in [0.717, 1.165) is 19.3 Å². The van der Waals surface area contributed by atoms with Crippen molar-refractivity contribution in [3.8, 4) is 0 Å². The van der Waals surface area contributed by atoms with Gasteiger partial charge < -0.3 is 4.90 Å². The van der Waals surface area contributed by atoms with Crippen LogP contribution in [0.15, 0.2) is 0 Å². The summed E-state index contributed by atoms with van der Waals surface area (Å²) in [6.07, 6.45) is 3.35. The fourth-order valence-corrected chi connectivity index (χ4v) is 1.38. The van der Waals surface area contributed by atoms with Gasteiger partial charge in [0.2, 0.25) is 0 Å². The summed E-state index contributed by atoms with van der Waals surface area (Å²) < 4.78 is 0. The molecule has 1 aliphatic rings. The number of quaternary nitrogens is 1. The van der Waals surface area contributed by atoms with Gasteiger partial charge in [-0.25, -0.2) is 0 Å². The van der Waals surface area contributed by atoms with Gasteiger partial charge in [-0.1, -0.05) is 0 Å².